The fourth-order valence-corrected chi connectivity index (χ4v) is 4.21. The van der Waals surface area contributed by atoms with Crippen molar-refractivity contribution < 1.29 is 14.0 Å². The average Bonchev–Trinajstić information content (AvgIpc) is 3.48. The third-order valence-electron chi connectivity index (χ3n) is 5.34. The minimum Gasteiger partial charge on any atom is -0.467 e. The van der Waals surface area contributed by atoms with Crippen LogP contribution in [0.4, 0.5) is 5.95 Å². The molecule has 0 saturated carbocycles. The molecule has 1 saturated heterocycles. The molecule has 32 heavy (non-hydrogen) atoms. The van der Waals surface area contributed by atoms with Crippen LogP contribution in [0.3, 0.4) is 0 Å². The number of anilines is 1. The lowest BCUT2D eigenvalue weighted by atomic mass is 10.00. The minimum atomic E-state index is -0.369. The van der Waals surface area contributed by atoms with Gasteiger partial charge in [-0.1, -0.05) is 36.9 Å². The van der Waals surface area contributed by atoms with Gasteiger partial charge < -0.3 is 9.32 Å². The van der Waals surface area contributed by atoms with E-state index in [0.717, 1.165) is 37.6 Å². The number of nitrogens with one attached hydrogen (secondary N) is 2. The normalized spacial score (nSPS) is 14.3. The molecular weight excluding hydrogens is 428 g/mol. The van der Waals surface area contributed by atoms with E-state index >= 15 is 0 Å². The Morgan fingerprint density at radius 1 is 1.09 bits per heavy atom. The van der Waals surface area contributed by atoms with Gasteiger partial charge in [0.1, 0.15) is 5.76 Å². The number of carbonyl (C=O) groups is 2. The number of carbonyl (C=O) groups excluding carboxylic acids is 2. The molecule has 4 rings (SSSR count). The smallest absolute Gasteiger partial charge is 0.269 e. The Labute approximate surface area is 190 Å². The number of hydrazine groups is 1. The lowest BCUT2D eigenvalue weighted by Crippen LogP contribution is -2.42. The van der Waals surface area contributed by atoms with E-state index in [2.05, 4.69) is 32.9 Å². The Kier molecular flexibility index (Phi) is 7.10. The molecule has 0 unspecified atom stereocenters. The van der Waals surface area contributed by atoms with Gasteiger partial charge in [0, 0.05) is 18.7 Å². The molecule has 1 aliphatic rings. The highest BCUT2D eigenvalue weighted by molar-refractivity contribution is 7.99. The molecule has 0 bridgehead atoms. The second-order valence-corrected chi connectivity index (χ2v) is 8.72. The first-order valence-electron chi connectivity index (χ1n) is 10.6. The van der Waals surface area contributed by atoms with E-state index in [1.807, 2.05) is 22.8 Å². The zero-order chi connectivity index (χ0) is 22.3. The van der Waals surface area contributed by atoms with Crippen molar-refractivity contribution in [2.24, 2.45) is 5.92 Å². The van der Waals surface area contributed by atoms with Crippen molar-refractivity contribution in [3.8, 4) is 0 Å². The third-order valence-corrected chi connectivity index (χ3v) is 6.31. The molecule has 3 heterocycles. The van der Waals surface area contributed by atoms with Crippen molar-refractivity contribution in [2.45, 2.75) is 31.5 Å². The third kappa shape index (κ3) is 5.50. The van der Waals surface area contributed by atoms with Crippen molar-refractivity contribution in [2.75, 3.05) is 23.7 Å². The molecule has 1 aromatic carbocycles. The highest BCUT2D eigenvalue weighted by atomic mass is 32.2. The fourth-order valence-electron chi connectivity index (χ4n) is 3.48. The molecule has 168 valence electrons. The van der Waals surface area contributed by atoms with Crippen molar-refractivity contribution in [1.82, 2.24) is 25.6 Å². The van der Waals surface area contributed by atoms with Gasteiger partial charge in [0.2, 0.25) is 11.9 Å². The van der Waals surface area contributed by atoms with Crippen LogP contribution in [0.5, 0.6) is 0 Å². The van der Waals surface area contributed by atoms with Crippen LogP contribution in [0.25, 0.3) is 0 Å². The number of benzene rings is 1. The number of amides is 2. The van der Waals surface area contributed by atoms with E-state index in [4.69, 9.17) is 4.42 Å². The maximum absolute atomic E-state index is 12.3. The number of hydrogen-bond acceptors (Lipinski definition) is 7. The summed E-state index contributed by atoms with van der Waals surface area (Å²) in [5, 5.41) is 9.37. The van der Waals surface area contributed by atoms with Crippen molar-refractivity contribution in [3.05, 3.63) is 60.1 Å². The SMILES string of the molecule is CC1CCN(c2nnc(SCC(=O)NNC(=O)c3ccccc3)n2Cc2ccco2)CC1. The molecule has 0 spiro atoms. The maximum atomic E-state index is 12.3. The van der Waals surface area contributed by atoms with Crippen LogP contribution in [0.15, 0.2) is 58.3 Å². The van der Waals surface area contributed by atoms with E-state index < -0.39 is 0 Å². The summed E-state index contributed by atoms with van der Waals surface area (Å²) in [5.74, 6) is 1.66. The highest BCUT2D eigenvalue weighted by Crippen LogP contribution is 2.27. The minimum absolute atomic E-state index is 0.0857. The Balaban J connectivity index is 1.39. The molecule has 10 heteroatoms. The van der Waals surface area contributed by atoms with E-state index in [0.29, 0.717) is 23.2 Å². The number of aromatic nitrogens is 3. The predicted molar refractivity (Wildman–Crippen MR) is 121 cm³/mol. The summed E-state index contributed by atoms with van der Waals surface area (Å²) in [5.41, 5.74) is 5.35. The van der Waals surface area contributed by atoms with E-state index in [1.54, 1.807) is 30.5 Å². The van der Waals surface area contributed by atoms with Crippen LogP contribution in [0.2, 0.25) is 0 Å². The van der Waals surface area contributed by atoms with Gasteiger partial charge in [0.25, 0.3) is 5.91 Å². The molecule has 2 N–H and O–H groups in total. The molecule has 2 aromatic heterocycles. The number of hydrogen-bond donors (Lipinski definition) is 2. The summed E-state index contributed by atoms with van der Waals surface area (Å²) in [7, 11) is 0. The number of thioether (sulfide) groups is 1. The molecule has 0 radical (unpaired) electrons. The van der Waals surface area contributed by atoms with Gasteiger partial charge in [-0.25, -0.2) is 0 Å². The highest BCUT2D eigenvalue weighted by Gasteiger charge is 2.23. The zero-order valence-corrected chi connectivity index (χ0v) is 18.7. The van der Waals surface area contributed by atoms with Crippen molar-refractivity contribution >= 4 is 29.5 Å². The lowest BCUT2D eigenvalue weighted by molar-refractivity contribution is -0.119. The van der Waals surface area contributed by atoms with Gasteiger partial charge in [-0.3, -0.25) is 25.0 Å². The average molecular weight is 455 g/mol. The summed E-state index contributed by atoms with van der Waals surface area (Å²) < 4.78 is 7.50. The molecule has 1 fully saturated rings. The van der Waals surface area contributed by atoms with Crippen molar-refractivity contribution in [3.63, 3.8) is 0 Å². The standard InChI is InChI=1S/C22H26N6O3S/c1-16-9-11-27(12-10-16)21-25-26-22(28(21)14-18-8-5-13-31-18)32-15-19(29)23-24-20(30)17-6-3-2-4-7-17/h2-8,13,16H,9-12,14-15H2,1H3,(H,23,29)(H,24,30). The van der Waals surface area contributed by atoms with Gasteiger partial charge in [0.05, 0.1) is 18.6 Å². The number of piperidine rings is 1. The molecular formula is C22H26N6O3S. The van der Waals surface area contributed by atoms with Gasteiger partial charge in [-0.05, 0) is 43.0 Å². The molecule has 2 amide bonds. The Hall–Kier alpha value is -3.27. The number of nitrogens with zero attached hydrogens (tertiary/aromatic N) is 4. The lowest BCUT2D eigenvalue weighted by Gasteiger charge is -2.31. The van der Waals surface area contributed by atoms with Crippen LogP contribution >= 0.6 is 11.8 Å². The Morgan fingerprint density at radius 3 is 2.59 bits per heavy atom. The van der Waals surface area contributed by atoms with Gasteiger partial charge in [-0.2, -0.15) is 0 Å². The maximum Gasteiger partial charge on any atom is 0.269 e. The molecule has 0 atom stereocenters. The fraction of sp³-hybridized carbons (Fsp3) is 0.364. The summed E-state index contributed by atoms with van der Waals surface area (Å²) in [6.07, 6.45) is 3.86. The predicted octanol–water partition coefficient (Wildman–Crippen LogP) is 2.71. The molecule has 0 aliphatic carbocycles. The zero-order valence-electron chi connectivity index (χ0n) is 17.9. The van der Waals surface area contributed by atoms with Crippen molar-refractivity contribution in [1.29, 1.82) is 0 Å². The van der Waals surface area contributed by atoms with Crippen LogP contribution in [0.1, 0.15) is 35.9 Å². The first-order chi connectivity index (χ1) is 15.6. The Bertz CT molecular complexity index is 1030. The van der Waals surface area contributed by atoms with Gasteiger partial charge in [0.15, 0.2) is 5.16 Å². The number of rotatable bonds is 7. The van der Waals surface area contributed by atoms with Crippen LogP contribution < -0.4 is 15.8 Å². The largest absolute Gasteiger partial charge is 0.467 e. The first kappa shape index (κ1) is 21.9. The van der Waals surface area contributed by atoms with Crippen LogP contribution in [-0.4, -0.2) is 45.4 Å². The van der Waals surface area contributed by atoms with Crippen LogP contribution in [-0.2, 0) is 11.3 Å². The van der Waals surface area contributed by atoms with Gasteiger partial charge >= 0.3 is 0 Å². The molecule has 3 aromatic rings. The second-order valence-electron chi connectivity index (χ2n) is 7.77. The van der Waals surface area contributed by atoms with E-state index in [-0.39, 0.29) is 17.6 Å². The topological polar surface area (TPSA) is 105 Å². The summed E-state index contributed by atoms with van der Waals surface area (Å²) >= 11 is 1.27. The van der Waals surface area contributed by atoms with Crippen LogP contribution in [0, 0.1) is 5.92 Å². The second kappa shape index (κ2) is 10.4. The Morgan fingerprint density at radius 2 is 1.88 bits per heavy atom. The quantitative estimate of drug-likeness (QED) is 0.418. The monoisotopic (exact) mass is 454 g/mol. The first-order valence-corrected chi connectivity index (χ1v) is 11.6. The summed E-state index contributed by atoms with van der Waals surface area (Å²) in [6, 6.07) is 12.5. The summed E-state index contributed by atoms with van der Waals surface area (Å²) in [6.45, 7) is 4.60. The van der Waals surface area contributed by atoms with Gasteiger partial charge in [-0.15, -0.1) is 10.2 Å². The molecule has 1 aliphatic heterocycles. The summed E-state index contributed by atoms with van der Waals surface area (Å²) in [4.78, 5) is 26.6. The molecule has 9 nitrogen and oxygen atoms in total. The van der Waals surface area contributed by atoms with E-state index in [1.165, 1.54) is 11.8 Å². The number of furan rings is 1. The van der Waals surface area contributed by atoms with E-state index in [9.17, 15) is 9.59 Å².